The highest BCUT2D eigenvalue weighted by Gasteiger charge is 2.25. The van der Waals surface area contributed by atoms with Crippen molar-refractivity contribution in [3.8, 4) is 0 Å². The Balaban J connectivity index is 1.56. The fourth-order valence-electron chi connectivity index (χ4n) is 3.88. The molecule has 4 aromatic rings. The van der Waals surface area contributed by atoms with Crippen LogP contribution in [0.5, 0.6) is 0 Å². The summed E-state index contributed by atoms with van der Waals surface area (Å²) in [5.74, 6) is 0.398. The molecule has 1 fully saturated rings. The van der Waals surface area contributed by atoms with Crippen molar-refractivity contribution in [3.63, 3.8) is 0 Å². The van der Waals surface area contributed by atoms with E-state index in [4.69, 9.17) is 5.11 Å². The van der Waals surface area contributed by atoms with Crippen LogP contribution in [0.3, 0.4) is 0 Å². The quantitative estimate of drug-likeness (QED) is 0.436. The molecule has 2 heterocycles. The lowest BCUT2D eigenvalue weighted by Gasteiger charge is -2.14. The van der Waals surface area contributed by atoms with Gasteiger partial charge < -0.3 is 9.67 Å². The van der Waals surface area contributed by atoms with Crippen LogP contribution in [0, 0.1) is 0 Å². The molecule has 2 aromatic carbocycles. The maximum absolute atomic E-state index is 10.9. The second kappa shape index (κ2) is 7.52. The molecule has 0 aliphatic heterocycles. The standard InChI is InChI=1S/C23H21N3O2S/c27-21(28)11-13-29-23-25-22-20(6-3-12-24-22)26(23)14-16-9-10-18(15-7-8-15)19-5-2-1-4-17(16)19/h1-6,9-10,12,15H,7-8,11,13-14H2,(H,27,28). The van der Waals surface area contributed by atoms with Crippen molar-refractivity contribution in [2.24, 2.45) is 0 Å². The highest BCUT2D eigenvalue weighted by atomic mass is 32.2. The Kier molecular flexibility index (Phi) is 4.72. The van der Waals surface area contributed by atoms with E-state index in [0.29, 0.717) is 23.9 Å². The zero-order valence-electron chi connectivity index (χ0n) is 15.9. The zero-order valence-corrected chi connectivity index (χ0v) is 16.7. The molecule has 0 amide bonds. The topological polar surface area (TPSA) is 68.0 Å². The Hall–Kier alpha value is -2.86. The molecule has 6 heteroatoms. The van der Waals surface area contributed by atoms with Gasteiger partial charge in [-0.15, -0.1) is 0 Å². The van der Waals surface area contributed by atoms with Gasteiger partial charge in [0.2, 0.25) is 0 Å². The lowest BCUT2D eigenvalue weighted by molar-refractivity contribution is -0.136. The second-order valence-electron chi connectivity index (χ2n) is 7.45. The molecule has 1 aliphatic rings. The molecule has 1 saturated carbocycles. The van der Waals surface area contributed by atoms with E-state index in [9.17, 15) is 4.79 Å². The van der Waals surface area contributed by atoms with Gasteiger partial charge >= 0.3 is 5.97 Å². The highest BCUT2D eigenvalue weighted by molar-refractivity contribution is 7.99. The highest BCUT2D eigenvalue weighted by Crippen LogP contribution is 2.43. The summed E-state index contributed by atoms with van der Waals surface area (Å²) < 4.78 is 2.16. The van der Waals surface area contributed by atoms with Crippen LogP contribution in [0.1, 0.15) is 36.3 Å². The number of benzene rings is 2. The van der Waals surface area contributed by atoms with Crippen molar-refractivity contribution in [3.05, 3.63) is 65.9 Å². The van der Waals surface area contributed by atoms with Gasteiger partial charge in [-0.2, -0.15) is 0 Å². The molecule has 0 bridgehead atoms. The molecule has 0 spiro atoms. The Morgan fingerprint density at radius 1 is 1.10 bits per heavy atom. The maximum Gasteiger partial charge on any atom is 0.304 e. The van der Waals surface area contributed by atoms with Crippen molar-refractivity contribution in [2.75, 3.05) is 5.75 Å². The number of fused-ring (bicyclic) bond motifs is 2. The average Bonchev–Trinajstić information content (AvgIpc) is 3.51. The van der Waals surface area contributed by atoms with Gasteiger partial charge in [-0.25, -0.2) is 9.97 Å². The van der Waals surface area contributed by atoms with Gasteiger partial charge in [-0.3, -0.25) is 4.79 Å². The Labute approximate surface area is 172 Å². The number of aromatic nitrogens is 3. The van der Waals surface area contributed by atoms with Crippen LogP contribution < -0.4 is 0 Å². The summed E-state index contributed by atoms with van der Waals surface area (Å²) >= 11 is 1.47. The predicted octanol–water partition coefficient (Wildman–Crippen LogP) is 5.08. The molecule has 1 aliphatic carbocycles. The first-order chi connectivity index (χ1) is 14.2. The zero-order chi connectivity index (χ0) is 19.8. The van der Waals surface area contributed by atoms with Gasteiger partial charge in [0.25, 0.3) is 0 Å². The molecule has 0 radical (unpaired) electrons. The number of pyridine rings is 1. The molecule has 146 valence electrons. The Bertz CT molecular complexity index is 1210. The monoisotopic (exact) mass is 403 g/mol. The fourth-order valence-corrected chi connectivity index (χ4v) is 4.80. The van der Waals surface area contributed by atoms with Gasteiger partial charge in [-0.1, -0.05) is 48.2 Å². The van der Waals surface area contributed by atoms with Gasteiger partial charge in [0.15, 0.2) is 10.8 Å². The molecule has 0 saturated heterocycles. The number of rotatable bonds is 7. The number of thioether (sulfide) groups is 1. The molecule has 1 N–H and O–H groups in total. The summed E-state index contributed by atoms with van der Waals surface area (Å²) in [6.45, 7) is 0.684. The number of aliphatic carboxylic acids is 1. The average molecular weight is 404 g/mol. The largest absolute Gasteiger partial charge is 0.481 e. The molecule has 2 aromatic heterocycles. The van der Waals surface area contributed by atoms with E-state index in [0.717, 1.165) is 10.7 Å². The van der Waals surface area contributed by atoms with E-state index in [1.54, 1.807) is 6.20 Å². The summed E-state index contributed by atoms with van der Waals surface area (Å²) in [6, 6.07) is 17.1. The van der Waals surface area contributed by atoms with E-state index >= 15 is 0 Å². The van der Waals surface area contributed by atoms with Crippen LogP contribution in [0.25, 0.3) is 21.9 Å². The number of hydrogen-bond acceptors (Lipinski definition) is 4. The van der Waals surface area contributed by atoms with Crippen LogP contribution in [-0.4, -0.2) is 31.4 Å². The molecule has 5 nitrogen and oxygen atoms in total. The van der Waals surface area contributed by atoms with Gasteiger partial charge in [-0.05, 0) is 52.8 Å². The van der Waals surface area contributed by atoms with E-state index < -0.39 is 5.97 Å². The van der Waals surface area contributed by atoms with Crippen molar-refractivity contribution in [2.45, 2.75) is 36.9 Å². The minimum Gasteiger partial charge on any atom is -0.481 e. The molecule has 0 atom stereocenters. The summed E-state index contributed by atoms with van der Waals surface area (Å²) in [5.41, 5.74) is 4.37. The Morgan fingerprint density at radius 3 is 2.72 bits per heavy atom. The molecule has 0 unspecified atom stereocenters. The SMILES string of the molecule is O=C(O)CCSc1nc2ncccc2n1Cc1ccc(C2CC2)c2ccccc12. The van der Waals surface area contributed by atoms with Crippen LogP contribution in [0.4, 0.5) is 0 Å². The minimum absolute atomic E-state index is 0.111. The van der Waals surface area contributed by atoms with Gasteiger partial charge in [0.1, 0.15) is 0 Å². The minimum atomic E-state index is -0.792. The number of carbonyl (C=O) groups is 1. The Morgan fingerprint density at radius 2 is 1.93 bits per heavy atom. The van der Waals surface area contributed by atoms with E-state index in [-0.39, 0.29) is 6.42 Å². The number of carboxylic acids is 1. The maximum atomic E-state index is 10.9. The van der Waals surface area contributed by atoms with E-state index in [2.05, 4.69) is 50.9 Å². The predicted molar refractivity (Wildman–Crippen MR) is 116 cm³/mol. The summed E-state index contributed by atoms with van der Waals surface area (Å²) in [7, 11) is 0. The molecular weight excluding hydrogens is 382 g/mol. The third-order valence-electron chi connectivity index (χ3n) is 5.43. The van der Waals surface area contributed by atoms with Crippen molar-refractivity contribution < 1.29 is 9.90 Å². The number of nitrogens with zero attached hydrogens (tertiary/aromatic N) is 3. The smallest absolute Gasteiger partial charge is 0.304 e. The van der Waals surface area contributed by atoms with Crippen molar-refractivity contribution in [1.82, 2.24) is 14.5 Å². The second-order valence-corrected chi connectivity index (χ2v) is 8.51. The van der Waals surface area contributed by atoms with Gasteiger partial charge in [0.05, 0.1) is 18.5 Å². The molecular formula is C23H21N3O2S. The normalized spacial score (nSPS) is 13.9. The lowest BCUT2D eigenvalue weighted by Crippen LogP contribution is -2.04. The number of carboxylic acid groups (broad SMARTS) is 1. The van der Waals surface area contributed by atoms with E-state index in [1.165, 1.54) is 46.5 Å². The van der Waals surface area contributed by atoms with Gasteiger partial charge in [0, 0.05) is 11.9 Å². The van der Waals surface area contributed by atoms with Crippen molar-refractivity contribution >= 4 is 39.7 Å². The van der Waals surface area contributed by atoms with Crippen LogP contribution >= 0.6 is 11.8 Å². The lowest BCUT2D eigenvalue weighted by atomic mass is 9.97. The first-order valence-electron chi connectivity index (χ1n) is 9.87. The fraction of sp³-hybridized carbons (Fsp3) is 0.261. The number of hydrogen-bond donors (Lipinski definition) is 1. The summed E-state index contributed by atoms with van der Waals surface area (Å²) in [6.07, 6.45) is 4.42. The summed E-state index contributed by atoms with van der Waals surface area (Å²) in [5, 5.41) is 12.4. The molecule has 29 heavy (non-hydrogen) atoms. The first kappa shape index (κ1) is 18.2. The van der Waals surface area contributed by atoms with Crippen LogP contribution in [0.15, 0.2) is 59.9 Å². The third-order valence-corrected chi connectivity index (χ3v) is 6.41. The van der Waals surface area contributed by atoms with E-state index in [1.807, 2.05) is 12.1 Å². The molecule has 5 rings (SSSR count). The van der Waals surface area contributed by atoms with Crippen molar-refractivity contribution in [1.29, 1.82) is 0 Å². The summed E-state index contributed by atoms with van der Waals surface area (Å²) in [4.78, 5) is 20.0. The third kappa shape index (κ3) is 3.60. The number of imidazole rings is 1. The van der Waals surface area contributed by atoms with Crippen LogP contribution in [0.2, 0.25) is 0 Å². The van der Waals surface area contributed by atoms with Crippen LogP contribution in [-0.2, 0) is 11.3 Å². The first-order valence-corrected chi connectivity index (χ1v) is 10.9.